The SMILES string of the molecule is CCCc1c(OCCCOc2cc(O)c(C(C)=O)cc2CC)ccc2c1OC(C(=O)[O-])CC2. The summed E-state index contributed by atoms with van der Waals surface area (Å²) in [5, 5.41) is 21.4. The molecule has 1 atom stereocenters. The topological polar surface area (TPSA) is 105 Å². The average Bonchev–Trinajstić information content (AvgIpc) is 2.79. The van der Waals surface area contributed by atoms with E-state index in [0.29, 0.717) is 61.7 Å². The molecule has 0 bridgehead atoms. The molecule has 0 spiro atoms. The smallest absolute Gasteiger partial charge is 0.163 e. The quantitative estimate of drug-likeness (QED) is 0.409. The lowest BCUT2D eigenvalue weighted by molar-refractivity contribution is -0.314. The lowest BCUT2D eigenvalue weighted by Crippen LogP contribution is -2.41. The molecule has 0 aromatic heterocycles. The molecule has 1 aliphatic heterocycles. The molecule has 0 amide bonds. The van der Waals surface area contributed by atoms with Crippen LogP contribution in [0.3, 0.4) is 0 Å². The van der Waals surface area contributed by atoms with Crippen LogP contribution >= 0.6 is 0 Å². The van der Waals surface area contributed by atoms with Gasteiger partial charge >= 0.3 is 0 Å². The van der Waals surface area contributed by atoms with Crippen LogP contribution in [-0.2, 0) is 24.1 Å². The number of ketones is 1. The maximum atomic E-state index is 11.6. The number of carboxylic acid groups (broad SMARTS) is 1. The largest absolute Gasteiger partial charge is 0.546 e. The second kappa shape index (κ2) is 11.1. The predicted molar refractivity (Wildman–Crippen MR) is 121 cm³/mol. The van der Waals surface area contributed by atoms with Gasteiger partial charge in [-0.1, -0.05) is 26.3 Å². The Morgan fingerprint density at radius 2 is 1.88 bits per heavy atom. The monoisotopic (exact) mass is 455 g/mol. The minimum Gasteiger partial charge on any atom is -0.546 e. The number of phenols is 1. The number of fused-ring (bicyclic) bond motifs is 1. The van der Waals surface area contributed by atoms with Crippen molar-refractivity contribution in [1.82, 2.24) is 0 Å². The van der Waals surface area contributed by atoms with Crippen LogP contribution in [0, 0.1) is 0 Å². The Hall–Kier alpha value is -3.22. The fraction of sp³-hybridized carbons (Fsp3) is 0.462. The van der Waals surface area contributed by atoms with E-state index in [1.54, 1.807) is 6.07 Å². The molecule has 2 aromatic carbocycles. The molecule has 1 unspecified atom stereocenters. The highest BCUT2D eigenvalue weighted by Crippen LogP contribution is 2.38. The zero-order chi connectivity index (χ0) is 24.0. The Morgan fingerprint density at radius 1 is 1.15 bits per heavy atom. The Balaban J connectivity index is 1.62. The van der Waals surface area contributed by atoms with Gasteiger partial charge in [-0.25, -0.2) is 0 Å². The zero-order valence-electron chi connectivity index (χ0n) is 19.4. The van der Waals surface area contributed by atoms with Gasteiger partial charge in [-0.2, -0.15) is 0 Å². The van der Waals surface area contributed by atoms with E-state index >= 15 is 0 Å². The van der Waals surface area contributed by atoms with Crippen molar-refractivity contribution in [1.29, 1.82) is 0 Å². The second-order valence-corrected chi connectivity index (χ2v) is 8.18. The number of hydrogen-bond acceptors (Lipinski definition) is 7. The van der Waals surface area contributed by atoms with E-state index in [2.05, 4.69) is 0 Å². The normalized spacial score (nSPS) is 14.8. The van der Waals surface area contributed by atoms with E-state index < -0.39 is 12.1 Å². The number of aliphatic carboxylic acids is 1. The van der Waals surface area contributed by atoms with E-state index in [0.717, 1.165) is 29.5 Å². The van der Waals surface area contributed by atoms with E-state index in [9.17, 15) is 19.8 Å². The minimum absolute atomic E-state index is 0.0842. The van der Waals surface area contributed by atoms with Gasteiger partial charge in [0, 0.05) is 18.1 Å². The van der Waals surface area contributed by atoms with Crippen molar-refractivity contribution in [3.05, 3.63) is 46.5 Å². The third-order valence-electron chi connectivity index (χ3n) is 5.74. The van der Waals surface area contributed by atoms with E-state index in [1.165, 1.54) is 13.0 Å². The molecule has 0 aliphatic carbocycles. The first-order chi connectivity index (χ1) is 15.8. The van der Waals surface area contributed by atoms with Gasteiger partial charge in [-0.3, -0.25) is 4.79 Å². The number of carbonyl (C=O) groups excluding carboxylic acids is 2. The van der Waals surface area contributed by atoms with Gasteiger partial charge in [0.05, 0.1) is 24.7 Å². The first kappa shape index (κ1) is 24.4. The van der Waals surface area contributed by atoms with Crippen LogP contribution in [-0.4, -0.2) is 36.2 Å². The molecule has 1 heterocycles. The Morgan fingerprint density at radius 3 is 2.52 bits per heavy atom. The van der Waals surface area contributed by atoms with Crippen molar-refractivity contribution in [2.24, 2.45) is 0 Å². The molecule has 3 rings (SSSR count). The molecule has 2 aromatic rings. The van der Waals surface area contributed by atoms with Crippen molar-refractivity contribution in [2.75, 3.05) is 13.2 Å². The van der Waals surface area contributed by atoms with Crippen LogP contribution in [0.4, 0.5) is 0 Å². The van der Waals surface area contributed by atoms with Crippen LogP contribution in [0.15, 0.2) is 24.3 Å². The van der Waals surface area contributed by atoms with Crippen LogP contribution in [0.1, 0.15) is 67.1 Å². The summed E-state index contributed by atoms with van der Waals surface area (Å²) in [5.74, 6) is 0.388. The maximum Gasteiger partial charge on any atom is 0.163 e. The highest BCUT2D eigenvalue weighted by Gasteiger charge is 2.25. The van der Waals surface area contributed by atoms with Crippen molar-refractivity contribution in [3.63, 3.8) is 0 Å². The highest BCUT2D eigenvalue weighted by atomic mass is 16.5. The van der Waals surface area contributed by atoms with Crippen molar-refractivity contribution in [2.45, 2.75) is 65.4 Å². The van der Waals surface area contributed by atoms with Crippen LogP contribution in [0.5, 0.6) is 23.0 Å². The summed E-state index contributed by atoms with van der Waals surface area (Å²) in [4.78, 5) is 22.9. The summed E-state index contributed by atoms with van der Waals surface area (Å²) in [5.41, 5.74) is 3.03. The summed E-state index contributed by atoms with van der Waals surface area (Å²) in [6.07, 6.45) is 2.97. The number of aryl methyl sites for hydroxylation is 2. The Bertz CT molecular complexity index is 1010. The van der Waals surface area contributed by atoms with Gasteiger partial charge in [-0.05, 0) is 55.9 Å². The summed E-state index contributed by atoms with van der Waals surface area (Å²) in [7, 11) is 0. The van der Waals surface area contributed by atoms with Gasteiger partial charge in [0.1, 0.15) is 29.1 Å². The Labute approximate surface area is 194 Å². The van der Waals surface area contributed by atoms with Gasteiger partial charge in [0.15, 0.2) is 5.78 Å². The molecule has 0 radical (unpaired) electrons. The fourth-order valence-corrected chi connectivity index (χ4v) is 4.01. The number of Topliss-reactive ketones (excluding diaryl/α,β-unsaturated/α-hetero) is 1. The van der Waals surface area contributed by atoms with E-state index in [-0.39, 0.29) is 11.5 Å². The van der Waals surface area contributed by atoms with Gasteiger partial charge in [-0.15, -0.1) is 0 Å². The summed E-state index contributed by atoms with van der Waals surface area (Å²) >= 11 is 0. The molecule has 7 nitrogen and oxygen atoms in total. The van der Waals surface area contributed by atoms with E-state index in [1.807, 2.05) is 26.0 Å². The van der Waals surface area contributed by atoms with E-state index in [4.69, 9.17) is 14.2 Å². The number of phenolic OH excluding ortho intramolecular Hbond substituents is 1. The molecule has 0 saturated carbocycles. The number of ether oxygens (including phenoxy) is 3. The summed E-state index contributed by atoms with van der Waals surface area (Å²) < 4.78 is 17.6. The van der Waals surface area contributed by atoms with Crippen molar-refractivity contribution in [3.8, 4) is 23.0 Å². The summed E-state index contributed by atoms with van der Waals surface area (Å²) in [6.45, 7) is 6.21. The zero-order valence-corrected chi connectivity index (χ0v) is 19.4. The molecule has 1 N–H and O–H groups in total. The fourth-order valence-electron chi connectivity index (χ4n) is 4.01. The number of benzene rings is 2. The van der Waals surface area contributed by atoms with Crippen molar-refractivity contribution < 1.29 is 34.0 Å². The number of carboxylic acids is 1. The molecule has 0 fully saturated rings. The molecule has 33 heavy (non-hydrogen) atoms. The van der Waals surface area contributed by atoms with Crippen LogP contribution < -0.4 is 19.3 Å². The maximum absolute atomic E-state index is 11.6. The molecular formula is C26H31O7-. The third kappa shape index (κ3) is 5.78. The van der Waals surface area contributed by atoms with Crippen LogP contribution in [0.25, 0.3) is 0 Å². The molecular weight excluding hydrogens is 424 g/mol. The first-order valence-corrected chi connectivity index (χ1v) is 11.5. The first-order valence-electron chi connectivity index (χ1n) is 11.5. The lowest BCUT2D eigenvalue weighted by Gasteiger charge is -2.29. The highest BCUT2D eigenvalue weighted by molar-refractivity contribution is 5.97. The average molecular weight is 456 g/mol. The molecule has 7 heteroatoms. The molecule has 1 aliphatic rings. The van der Waals surface area contributed by atoms with Gasteiger partial charge in [0.25, 0.3) is 0 Å². The molecule has 0 saturated heterocycles. The number of aromatic hydroxyl groups is 1. The summed E-state index contributed by atoms with van der Waals surface area (Å²) in [6, 6.07) is 7.01. The van der Waals surface area contributed by atoms with Crippen molar-refractivity contribution >= 4 is 11.8 Å². The third-order valence-corrected chi connectivity index (χ3v) is 5.74. The Kier molecular flexibility index (Phi) is 8.20. The lowest BCUT2D eigenvalue weighted by atomic mass is 9.96. The molecule has 178 valence electrons. The predicted octanol–water partition coefficient (Wildman–Crippen LogP) is 3.40. The number of rotatable bonds is 11. The minimum atomic E-state index is -1.19. The van der Waals surface area contributed by atoms with Gasteiger partial charge < -0.3 is 29.2 Å². The number of hydrogen-bond donors (Lipinski definition) is 1. The standard InChI is InChI=1S/C26H32O7/c1-4-7-19-22(10-8-18-9-11-23(26(29)30)33-25(18)19)31-12-6-13-32-24-15-21(28)20(16(3)27)14-17(24)5-2/h8,10,14-15,23,28H,4-7,9,11-13H2,1-3H3,(H,29,30)/p-1. The van der Waals surface area contributed by atoms with Gasteiger partial charge in [0.2, 0.25) is 0 Å². The number of carbonyl (C=O) groups is 2. The second-order valence-electron chi connectivity index (χ2n) is 8.18. The van der Waals surface area contributed by atoms with Crippen LogP contribution in [0.2, 0.25) is 0 Å².